The van der Waals surface area contributed by atoms with Crippen molar-refractivity contribution < 1.29 is 4.74 Å². The molecule has 23 heavy (non-hydrogen) atoms. The van der Waals surface area contributed by atoms with Gasteiger partial charge in [-0.25, -0.2) is 4.98 Å². The van der Waals surface area contributed by atoms with Crippen LogP contribution < -0.4 is 9.80 Å². The number of nitrogens with zero attached hydrogens (tertiary/aromatic N) is 4. The van der Waals surface area contributed by atoms with Crippen LogP contribution in [0.1, 0.15) is 33.1 Å². The average molecular weight is 332 g/mol. The number of hydrogen-bond acceptors (Lipinski definition) is 6. The number of aromatic nitrogens is 2. The van der Waals surface area contributed by atoms with Crippen LogP contribution in [-0.2, 0) is 4.74 Å². The van der Waals surface area contributed by atoms with Gasteiger partial charge in [0.25, 0.3) is 0 Å². The summed E-state index contributed by atoms with van der Waals surface area (Å²) < 4.78 is 7.00. The number of fused-ring (bicyclic) bond motifs is 1. The highest BCUT2D eigenvalue weighted by Crippen LogP contribution is 2.31. The summed E-state index contributed by atoms with van der Waals surface area (Å²) in [6, 6.07) is 4.33. The van der Waals surface area contributed by atoms with Crippen molar-refractivity contribution in [2.24, 2.45) is 0 Å². The van der Waals surface area contributed by atoms with E-state index in [-0.39, 0.29) is 12.2 Å². The minimum absolute atomic E-state index is 0.252. The van der Waals surface area contributed by atoms with Gasteiger partial charge in [-0.3, -0.25) is 0 Å². The van der Waals surface area contributed by atoms with Gasteiger partial charge in [0, 0.05) is 26.2 Å². The van der Waals surface area contributed by atoms with E-state index in [4.69, 9.17) is 14.7 Å². The van der Waals surface area contributed by atoms with Gasteiger partial charge in [0.15, 0.2) is 10.8 Å². The van der Waals surface area contributed by atoms with E-state index in [0.29, 0.717) is 0 Å². The Labute approximate surface area is 141 Å². The maximum Gasteiger partial charge on any atom is 0.188 e. The van der Waals surface area contributed by atoms with Gasteiger partial charge < -0.3 is 14.5 Å². The second kappa shape index (κ2) is 6.24. The molecule has 2 aliphatic rings. The third-order valence-corrected chi connectivity index (χ3v) is 5.67. The molecule has 0 spiro atoms. The van der Waals surface area contributed by atoms with E-state index < -0.39 is 0 Å². The molecule has 0 amide bonds. The van der Waals surface area contributed by atoms with E-state index in [1.54, 1.807) is 11.3 Å². The number of ether oxygens (including phenoxy) is 1. The van der Waals surface area contributed by atoms with Crippen molar-refractivity contribution in [3.8, 4) is 0 Å². The Bertz CT molecular complexity index is 672. The van der Waals surface area contributed by atoms with Gasteiger partial charge in [-0.05, 0) is 45.2 Å². The number of rotatable bonds is 2. The molecule has 0 radical (unpaired) electrons. The van der Waals surface area contributed by atoms with E-state index in [0.717, 1.165) is 42.8 Å². The van der Waals surface area contributed by atoms with Crippen LogP contribution >= 0.6 is 11.3 Å². The zero-order valence-corrected chi connectivity index (χ0v) is 14.7. The second-order valence-corrected chi connectivity index (χ2v) is 7.71. The van der Waals surface area contributed by atoms with Crippen molar-refractivity contribution in [3.63, 3.8) is 0 Å². The first kappa shape index (κ1) is 15.1. The van der Waals surface area contributed by atoms with Crippen LogP contribution in [0.3, 0.4) is 0 Å². The van der Waals surface area contributed by atoms with Gasteiger partial charge in [0.1, 0.15) is 5.82 Å². The van der Waals surface area contributed by atoms with Gasteiger partial charge in [0.2, 0.25) is 0 Å². The van der Waals surface area contributed by atoms with Gasteiger partial charge in [-0.15, -0.1) is 0 Å². The number of anilines is 2. The molecule has 5 nitrogen and oxygen atoms in total. The summed E-state index contributed by atoms with van der Waals surface area (Å²) in [6.07, 6.45) is 4.38. The molecule has 124 valence electrons. The molecular weight excluding hydrogens is 308 g/mol. The van der Waals surface area contributed by atoms with E-state index in [1.165, 1.54) is 24.0 Å². The number of morpholine rings is 1. The van der Waals surface area contributed by atoms with Crippen LogP contribution in [0.2, 0.25) is 0 Å². The van der Waals surface area contributed by atoms with Gasteiger partial charge in [-0.2, -0.15) is 4.98 Å². The van der Waals surface area contributed by atoms with Crippen molar-refractivity contribution in [2.45, 2.75) is 45.3 Å². The van der Waals surface area contributed by atoms with Crippen molar-refractivity contribution in [3.05, 3.63) is 12.1 Å². The van der Waals surface area contributed by atoms with Crippen LogP contribution in [-0.4, -0.2) is 48.4 Å². The lowest BCUT2D eigenvalue weighted by molar-refractivity contribution is -0.00521. The van der Waals surface area contributed by atoms with E-state index in [1.807, 2.05) is 0 Å². The quantitative estimate of drug-likeness (QED) is 0.844. The fraction of sp³-hybridized carbons (Fsp3) is 0.647. The van der Waals surface area contributed by atoms with Crippen molar-refractivity contribution in [1.82, 2.24) is 9.97 Å². The molecule has 4 rings (SSSR count). The molecular formula is C17H24N4OS. The van der Waals surface area contributed by atoms with Gasteiger partial charge in [0.05, 0.1) is 16.9 Å². The van der Waals surface area contributed by atoms with Crippen molar-refractivity contribution >= 4 is 32.6 Å². The minimum Gasteiger partial charge on any atom is -0.372 e. The summed E-state index contributed by atoms with van der Waals surface area (Å²) in [4.78, 5) is 14.4. The SMILES string of the molecule is C[C@@H]1CN(c2nc3nc(N4CCCCC4)ccc3s2)C[C@H](C)O1. The van der Waals surface area contributed by atoms with Gasteiger partial charge >= 0.3 is 0 Å². The number of thiazole rings is 1. The largest absolute Gasteiger partial charge is 0.372 e. The molecule has 2 fully saturated rings. The maximum absolute atomic E-state index is 5.82. The van der Waals surface area contributed by atoms with Crippen LogP contribution in [0.4, 0.5) is 10.9 Å². The molecule has 0 aromatic carbocycles. The average Bonchev–Trinajstić information content (AvgIpc) is 2.98. The highest BCUT2D eigenvalue weighted by molar-refractivity contribution is 7.22. The summed E-state index contributed by atoms with van der Waals surface area (Å²) in [5, 5.41) is 1.07. The Balaban J connectivity index is 1.60. The first-order chi connectivity index (χ1) is 11.2. The molecule has 2 atom stereocenters. The minimum atomic E-state index is 0.252. The lowest BCUT2D eigenvalue weighted by Gasteiger charge is -2.35. The van der Waals surface area contributed by atoms with Crippen LogP contribution in [0.5, 0.6) is 0 Å². The Morgan fingerprint density at radius 1 is 1.00 bits per heavy atom. The smallest absolute Gasteiger partial charge is 0.188 e. The zero-order valence-electron chi connectivity index (χ0n) is 13.9. The first-order valence-corrected chi connectivity index (χ1v) is 9.43. The normalized spacial score (nSPS) is 26.0. The fourth-order valence-electron chi connectivity index (χ4n) is 3.57. The predicted molar refractivity (Wildman–Crippen MR) is 95.7 cm³/mol. The van der Waals surface area contributed by atoms with E-state index in [9.17, 15) is 0 Å². The Kier molecular flexibility index (Phi) is 4.11. The summed E-state index contributed by atoms with van der Waals surface area (Å²) in [5.74, 6) is 1.08. The van der Waals surface area contributed by atoms with E-state index >= 15 is 0 Å². The van der Waals surface area contributed by atoms with Crippen LogP contribution in [0, 0.1) is 0 Å². The summed E-state index contributed by atoms with van der Waals surface area (Å²) >= 11 is 1.74. The molecule has 2 aromatic heterocycles. The van der Waals surface area contributed by atoms with Crippen LogP contribution in [0.25, 0.3) is 10.3 Å². The molecule has 2 aromatic rings. The third-order valence-electron chi connectivity index (χ3n) is 4.60. The highest BCUT2D eigenvalue weighted by atomic mass is 32.1. The first-order valence-electron chi connectivity index (χ1n) is 8.62. The summed E-state index contributed by atoms with van der Waals surface area (Å²) in [7, 11) is 0. The molecule has 0 unspecified atom stereocenters. The van der Waals surface area contributed by atoms with Gasteiger partial charge in [-0.1, -0.05) is 11.3 Å². The van der Waals surface area contributed by atoms with Crippen molar-refractivity contribution in [2.75, 3.05) is 36.0 Å². The second-order valence-electron chi connectivity index (χ2n) is 6.70. The lowest BCUT2D eigenvalue weighted by atomic mass is 10.1. The molecule has 0 N–H and O–H groups in total. The Morgan fingerprint density at radius 3 is 2.48 bits per heavy atom. The highest BCUT2D eigenvalue weighted by Gasteiger charge is 2.25. The Hall–Kier alpha value is -1.40. The topological polar surface area (TPSA) is 41.5 Å². The monoisotopic (exact) mass is 332 g/mol. The summed E-state index contributed by atoms with van der Waals surface area (Å²) in [5.41, 5.74) is 0.889. The van der Waals surface area contributed by atoms with Crippen LogP contribution in [0.15, 0.2) is 12.1 Å². The molecule has 2 aliphatic heterocycles. The summed E-state index contributed by atoms with van der Waals surface area (Å²) in [6.45, 7) is 8.31. The molecule has 0 saturated carbocycles. The molecule has 2 saturated heterocycles. The Morgan fingerprint density at radius 2 is 1.74 bits per heavy atom. The fourth-order valence-corrected chi connectivity index (χ4v) is 4.49. The number of pyridine rings is 1. The standard InChI is InChI=1S/C17H24N4OS/c1-12-10-21(11-13(2)22-12)17-19-16-14(23-17)6-7-15(18-16)20-8-4-3-5-9-20/h6-7,12-13H,3-5,8-11H2,1-2H3/t12-,13+. The number of hydrogen-bond donors (Lipinski definition) is 0. The molecule has 6 heteroatoms. The third kappa shape index (κ3) is 3.15. The lowest BCUT2D eigenvalue weighted by Crippen LogP contribution is -2.45. The molecule has 0 bridgehead atoms. The van der Waals surface area contributed by atoms with Crippen molar-refractivity contribution in [1.29, 1.82) is 0 Å². The maximum atomic E-state index is 5.82. The number of piperidine rings is 1. The molecule has 0 aliphatic carbocycles. The van der Waals surface area contributed by atoms with E-state index in [2.05, 4.69) is 35.8 Å². The predicted octanol–water partition coefficient (Wildman–Crippen LogP) is 3.30. The zero-order chi connectivity index (χ0) is 15.8. The molecule has 4 heterocycles.